The van der Waals surface area contributed by atoms with Crippen LogP contribution in [-0.4, -0.2) is 51.4 Å². The van der Waals surface area contributed by atoms with E-state index in [1.807, 2.05) is 0 Å². The summed E-state index contributed by atoms with van der Waals surface area (Å²) in [6, 6.07) is 0. The van der Waals surface area contributed by atoms with Crippen molar-refractivity contribution in [3.8, 4) is 5.92 Å². The zero-order valence-corrected chi connectivity index (χ0v) is 5.28. The molecule has 0 unspecified atom stereocenters. The molecule has 0 aromatic rings. The van der Waals surface area contributed by atoms with Gasteiger partial charge in [0.1, 0.15) is 0 Å². The number of hydrogen-bond donors (Lipinski definition) is 0. The fourth-order valence-corrected chi connectivity index (χ4v) is 0.440. The van der Waals surface area contributed by atoms with Gasteiger partial charge < -0.3 is 0 Å². The van der Waals surface area contributed by atoms with Crippen LogP contribution in [0.3, 0.4) is 0 Å². The van der Waals surface area contributed by atoms with Crippen LogP contribution in [0.15, 0.2) is 12.2 Å². The Morgan fingerprint density at radius 3 is 2.56 bits per heavy atom. The summed E-state index contributed by atoms with van der Waals surface area (Å²) in [5.41, 5.74) is 0. The van der Waals surface area contributed by atoms with Crippen LogP contribution in [-0.2, 0) is 0 Å². The van der Waals surface area contributed by atoms with E-state index >= 15 is 0 Å². The Hall–Kier alpha value is 0.936. The topological polar surface area (TPSA) is 0 Å². The quantitative estimate of drug-likeness (QED) is 0.246. The second-order valence-electron chi connectivity index (χ2n) is 1.60. The van der Waals surface area contributed by atoms with Crippen molar-refractivity contribution >= 4 is 51.4 Å². The molecule has 0 rings (SSSR count). The van der Waals surface area contributed by atoms with Gasteiger partial charge in [0.25, 0.3) is 0 Å². The van der Waals surface area contributed by atoms with E-state index in [0.29, 0.717) is 0 Å². The molecular weight excluding hydrogens is 135 g/mol. The summed E-state index contributed by atoms with van der Waals surface area (Å²) in [7, 11) is 0. The van der Waals surface area contributed by atoms with Crippen LogP contribution in [0.1, 0.15) is 26.2 Å². The molecular formula is C8H12K. The van der Waals surface area contributed by atoms with Gasteiger partial charge in [-0.05, 0) is 19.3 Å². The van der Waals surface area contributed by atoms with Crippen molar-refractivity contribution in [2.24, 2.45) is 0 Å². The Kier molecular flexibility index (Phi) is 16.4. The standard InChI is InChI=1S/C8H11.K.H/c1-3-5-7-8-6-4-2;;/h5,7H,3,6,8H2,1H3;;/b7-5-;;. The van der Waals surface area contributed by atoms with E-state index in [0.717, 1.165) is 19.3 Å². The zero-order valence-electron chi connectivity index (χ0n) is 5.28. The third kappa shape index (κ3) is 12.2. The maximum atomic E-state index is 6.55. The first-order valence-corrected chi connectivity index (χ1v) is 2.96. The Labute approximate surface area is 101 Å². The van der Waals surface area contributed by atoms with Gasteiger partial charge in [0, 0.05) is 6.42 Å². The first kappa shape index (κ1) is 12.6. The minimum absolute atomic E-state index is 0. The molecule has 0 spiro atoms. The fraction of sp³-hybridized carbons (Fsp3) is 0.500. The summed E-state index contributed by atoms with van der Waals surface area (Å²) in [5.74, 6) is 2.33. The van der Waals surface area contributed by atoms with E-state index in [1.165, 1.54) is 0 Å². The second-order valence-corrected chi connectivity index (χ2v) is 1.60. The van der Waals surface area contributed by atoms with E-state index in [2.05, 4.69) is 25.0 Å². The third-order valence-electron chi connectivity index (χ3n) is 0.838. The SMILES string of the molecule is [C]#CCC/C=C\CC.[KH]. The van der Waals surface area contributed by atoms with Gasteiger partial charge in [0.2, 0.25) is 0 Å². The third-order valence-corrected chi connectivity index (χ3v) is 0.838. The zero-order chi connectivity index (χ0) is 6.24. The molecule has 0 nitrogen and oxygen atoms in total. The van der Waals surface area contributed by atoms with Crippen LogP contribution >= 0.6 is 0 Å². The predicted molar refractivity (Wildman–Crippen MR) is 42.9 cm³/mol. The normalized spacial score (nSPS) is 8.44. The summed E-state index contributed by atoms with van der Waals surface area (Å²) in [6.07, 6.45) is 13.6. The van der Waals surface area contributed by atoms with Crippen LogP contribution in [0, 0.1) is 12.3 Å². The van der Waals surface area contributed by atoms with E-state index in [9.17, 15) is 0 Å². The Balaban J connectivity index is 0. The molecule has 0 saturated heterocycles. The van der Waals surface area contributed by atoms with Crippen LogP contribution in [0.4, 0.5) is 0 Å². The predicted octanol–water partition coefficient (Wildman–Crippen LogP) is 1.67. The van der Waals surface area contributed by atoms with E-state index < -0.39 is 0 Å². The molecule has 0 aliphatic heterocycles. The van der Waals surface area contributed by atoms with Crippen LogP contribution in [0.25, 0.3) is 0 Å². The van der Waals surface area contributed by atoms with Gasteiger partial charge in [-0.2, -0.15) is 0 Å². The summed E-state index contributed by atoms with van der Waals surface area (Å²) in [4.78, 5) is 0. The number of hydrogen-bond acceptors (Lipinski definition) is 0. The van der Waals surface area contributed by atoms with Gasteiger partial charge in [-0.25, -0.2) is 0 Å². The molecule has 0 bridgehead atoms. The van der Waals surface area contributed by atoms with Crippen LogP contribution < -0.4 is 0 Å². The van der Waals surface area contributed by atoms with Crippen LogP contribution in [0.2, 0.25) is 0 Å². The average molecular weight is 147 g/mol. The van der Waals surface area contributed by atoms with E-state index in [-0.39, 0.29) is 51.4 Å². The maximum absolute atomic E-state index is 6.55. The monoisotopic (exact) mass is 147 g/mol. The molecule has 0 aliphatic rings. The molecule has 0 N–H and O–H groups in total. The number of unbranched alkanes of at least 4 members (excludes halogenated alkanes) is 1. The van der Waals surface area contributed by atoms with Gasteiger partial charge in [0.15, 0.2) is 0 Å². The van der Waals surface area contributed by atoms with Gasteiger partial charge in [-0.3, -0.25) is 0 Å². The molecule has 1 radical (unpaired) electrons. The molecule has 0 aliphatic carbocycles. The summed E-state index contributed by atoms with van der Waals surface area (Å²) in [5, 5.41) is 0. The number of allylic oxidation sites excluding steroid dienone is 2. The molecule has 1 heteroatoms. The first-order chi connectivity index (χ1) is 3.91. The van der Waals surface area contributed by atoms with Crippen LogP contribution in [0.5, 0.6) is 0 Å². The Morgan fingerprint density at radius 2 is 2.11 bits per heavy atom. The summed E-state index contributed by atoms with van der Waals surface area (Å²) < 4.78 is 0. The van der Waals surface area contributed by atoms with E-state index in [4.69, 9.17) is 6.42 Å². The first-order valence-electron chi connectivity index (χ1n) is 2.96. The summed E-state index contributed by atoms with van der Waals surface area (Å²) in [6.45, 7) is 2.10. The van der Waals surface area contributed by atoms with Gasteiger partial charge in [0.05, 0.1) is 0 Å². The van der Waals surface area contributed by atoms with Crippen molar-refractivity contribution in [2.45, 2.75) is 26.2 Å². The van der Waals surface area contributed by atoms with Crippen molar-refractivity contribution in [1.82, 2.24) is 0 Å². The van der Waals surface area contributed by atoms with Gasteiger partial charge >= 0.3 is 51.4 Å². The summed E-state index contributed by atoms with van der Waals surface area (Å²) >= 11 is 0. The molecule has 0 amide bonds. The molecule has 0 heterocycles. The van der Waals surface area contributed by atoms with Crippen molar-refractivity contribution in [3.05, 3.63) is 18.6 Å². The Bertz CT molecular complexity index is 97.6. The van der Waals surface area contributed by atoms with Crippen molar-refractivity contribution < 1.29 is 0 Å². The van der Waals surface area contributed by atoms with Gasteiger partial charge in [-0.1, -0.05) is 25.0 Å². The Morgan fingerprint density at radius 1 is 1.44 bits per heavy atom. The molecule has 0 saturated carbocycles. The van der Waals surface area contributed by atoms with Crippen molar-refractivity contribution in [3.63, 3.8) is 0 Å². The molecule has 0 atom stereocenters. The molecule has 0 aromatic carbocycles. The second kappa shape index (κ2) is 11.7. The van der Waals surface area contributed by atoms with Crippen molar-refractivity contribution in [2.75, 3.05) is 0 Å². The molecule has 0 aromatic heterocycles. The minimum atomic E-state index is 0. The van der Waals surface area contributed by atoms with Gasteiger partial charge in [-0.15, -0.1) is 0 Å². The van der Waals surface area contributed by atoms with Crippen molar-refractivity contribution in [1.29, 1.82) is 0 Å². The van der Waals surface area contributed by atoms with E-state index in [1.54, 1.807) is 0 Å². The molecule has 9 heavy (non-hydrogen) atoms. The average Bonchev–Trinajstić information content (AvgIpc) is 1.81. The molecule has 0 fully saturated rings. The number of rotatable bonds is 3. The molecule has 45 valence electrons. The fourth-order valence-electron chi connectivity index (χ4n) is 0.440.